The number of nitrogens with one attached hydrogen (secondary N) is 2. The summed E-state index contributed by atoms with van der Waals surface area (Å²) in [6.45, 7) is 3.05. The molecule has 1 aliphatic rings. The highest BCUT2D eigenvalue weighted by Crippen LogP contribution is 2.23. The Kier molecular flexibility index (Phi) is 6.71. The van der Waals surface area contributed by atoms with Gasteiger partial charge in [0.1, 0.15) is 5.75 Å². The standard InChI is InChI=1S/C22H29N3O2/c1-25-15-12-17(13-16-25)11-14-23-22(26)20-5-3-4-6-21(20)24-18-7-9-19(27-2)10-8-18/h3-10,17,24H,11-16H2,1-2H3,(H,23,26). The molecule has 1 fully saturated rings. The third-order valence-electron chi connectivity index (χ3n) is 5.22. The lowest BCUT2D eigenvalue weighted by Gasteiger charge is -2.28. The highest BCUT2D eigenvalue weighted by molar-refractivity contribution is 6.00. The van der Waals surface area contributed by atoms with Crippen LogP contribution in [0.5, 0.6) is 5.75 Å². The van der Waals surface area contributed by atoms with E-state index in [9.17, 15) is 4.79 Å². The monoisotopic (exact) mass is 367 g/mol. The molecule has 0 bridgehead atoms. The number of nitrogens with zero attached hydrogens (tertiary/aromatic N) is 1. The number of piperidine rings is 1. The maximum absolute atomic E-state index is 12.7. The molecule has 1 aliphatic heterocycles. The second-order valence-corrected chi connectivity index (χ2v) is 7.19. The van der Waals surface area contributed by atoms with Gasteiger partial charge >= 0.3 is 0 Å². The number of methoxy groups -OCH3 is 1. The molecular weight excluding hydrogens is 338 g/mol. The van der Waals surface area contributed by atoms with Crippen molar-refractivity contribution < 1.29 is 9.53 Å². The fraction of sp³-hybridized carbons (Fsp3) is 0.409. The molecule has 5 nitrogen and oxygen atoms in total. The number of hydrogen-bond acceptors (Lipinski definition) is 4. The van der Waals surface area contributed by atoms with Crippen LogP contribution in [0.2, 0.25) is 0 Å². The van der Waals surface area contributed by atoms with Gasteiger partial charge in [-0.05, 0) is 81.7 Å². The number of likely N-dealkylation sites (tertiary alicyclic amines) is 1. The number of para-hydroxylation sites is 1. The van der Waals surface area contributed by atoms with E-state index in [0.717, 1.165) is 43.2 Å². The molecule has 0 saturated carbocycles. The Bertz CT molecular complexity index is 737. The van der Waals surface area contributed by atoms with Crippen molar-refractivity contribution in [2.45, 2.75) is 19.3 Å². The summed E-state index contributed by atoms with van der Waals surface area (Å²) in [7, 11) is 3.82. The van der Waals surface area contributed by atoms with Crippen molar-refractivity contribution in [2.24, 2.45) is 5.92 Å². The Morgan fingerprint density at radius 3 is 2.52 bits per heavy atom. The number of anilines is 2. The summed E-state index contributed by atoms with van der Waals surface area (Å²) in [6, 6.07) is 15.3. The highest BCUT2D eigenvalue weighted by Gasteiger charge is 2.17. The van der Waals surface area contributed by atoms with Gasteiger partial charge < -0.3 is 20.3 Å². The molecule has 0 radical (unpaired) electrons. The summed E-state index contributed by atoms with van der Waals surface area (Å²) >= 11 is 0. The average Bonchev–Trinajstić information content (AvgIpc) is 2.70. The van der Waals surface area contributed by atoms with Crippen molar-refractivity contribution in [1.82, 2.24) is 10.2 Å². The van der Waals surface area contributed by atoms with E-state index in [0.29, 0.717) is 11.5 Å². The van der Waals surface area contributed by atoms with Gasteiger partial charge in [0.15, 0.2) is 0 Å². The lowest BCUT2D eigenvalue weighted by molar-refractivity contribution is 0.0949. The molecule has 0 atom stereocenters. The Morgan fingerprint density at radius 2 is 1.81 bits per heavy atom. The first-order valence-corrected chi connectivity index (χ1v) is 9.62. The van der Waals surface area contributed by atoms with Crippen molar-refractivity contribution in [3.05, 3.63) is 54.1 Å². The van der Waals surface area contributed by atoms with E-state index in [-0.39, 0.29) is 5.91 Å². The molecule has 2 N–H and O–H groups in total. The fourth-order valence-electron chi connectivity index (χ4n) is 3.46. The van der Waals surface area contributed by atoms with Crippen LogP contribution in [0.3, 0.4) is 0 Å². The van der Waals surface area contributed by atoms with Crippen LogP contribution < -0.4 is 15.4 Å². The van der Waals surface area contributed by atoms with Crippen molar-refractivity contribution in [3.63, 3.8) is 0 Å². The molecule has 0 spiro atoms. The zero-order valence-electron chi connectivity index (χ0n) is 16.2. The number of hydrogen-bond donors (Lipinski definition) is 2. The summed E-state index contributed by atoms with van der Waals surface area (Å²) in [6.07, 6.45) is 3.50. The van der Waals surface area contributed by atoms with Gasteiger partial charge in [0.25, 0.3) is 5.91 Å². The number of benzene rings is 2. The van der Waals surface area contributed by atoms with E-state index < -0.39 is 0 Å². The second-order valence-electron chi connectivity index (χ2n) is 7.19. The Balaban J connectivity index is 1.56. The highest BCUT2D eigenvalue weighted by atomic mass is 16.5. The van der Waals surface area contributed by atoms with Crippen molar-refractivity contribution >= 4 is 17.3 Å². The van der Waals surface area contributed by atoms with Crippen LogP contribution in [0.4, 0.5) is 11.4 Å². The molecule has 144 valence electrons. The maximum atomic E-state index is 12.7. The molecule has 5 heteroatoms. The lowest BCUT2D eigenvalue weighted by atomic mass is 9.94. The summed E-state index contributed by atoms with van der Waals surface area (Å²) in [4.78, 5) is 15.0. The molecule has 1 amide bonds. The number of carbonyl (C=O) groups is 1. The van der Waals surface area contributed by atoms with Crippen LogP contribution in [0.25, 0.3) is 0 Å². The zero-order valence-corrected chi connectivity index (χ0v) is 16.2. The Hall–Kier alpha value is -2.53. The van der Waals surface area contributed by atoms with Crippen LogP contribution in [0.15, 0.2) is 48.5 Å². The average molecular weight is 367 g/mol. The predicted octanol–water partition coefficient (Wildman–Crippen LogP) is 3.90. The second kappa shape index (κ2) is 9.42. The minimum atomic E-state index is -0.0282. The number of ether oxygens (including phenoxy) is 1. The maximum Gasteiger partial charge on any atom is 0.253 e. The summed E-state index contributed by atoms with van der Waals surface area (Å²) in [5, 5.41) is 6.42. The molecule has 2 aromatic rings. The molecule has 3 rings (SSSR count). The van der Waals surface area contributed by atoms with E-state index >= 15 is 0 Å². The van der Waals surface area contributed by atoms with Crippen molar-refractivity contribution in [2.75, 3.05) is 39.1 Å². The smallest absolute Gasteiger partial charge is 0.253 e. The van der Waals surface area contributed by atoms with Gasteiger partial charge in [-0.25, -0.2) is 0 Å². The Labute approximate surface area is 161 Å². The van der Waals surface area contributed by atoms with Gasteiger partial charge in [-0.15, -0.1) is 0 Å². The molecule has 1 saturated heterocycles. The molecule has 1 heterocycles. The van der Waals surface area contributed by atoms with E-state index in [1.54, 1.807) is 7.11 Å². The van der Waals surface area contributed by atoms with Crippen molar-refractivity contribution in [1.29, 1.82) is 0 Å². The molecule has 27 heavy (non-hydrogen) atoms. The molecule has 0 aromatic heterocycles. The predicted molar refractivity (Wildman–Crippen MR) is 110 cm³/mol. The third-order valence-corrected chi connectivity index (χ3v) is 5.22. The van der Waals surface area contributed by atoms with Gasteiger partial charge in [0, 0.05) is 12.2 Å². The quantitative estimate of drug-likeness (QED) is 0.779. The first kappa shape index (κ1) is 19.2. The normalized spacial score (nSPS) is 15.3. The largest absolute Gasteiger partial charge is 0.497 e. The zero-order chi connectivity index (χ0) is 19.1. The van der Waals surface area contributed by atoms with E-state index in [4.69, 9.17) is 4.74 Å². The summed E-state index contributed by atoms with van der Waals surface area (Å²) < 4.78 is 5.19. The molecule has 2 aromatic carbocycles. The van der Waals surface area contributed by atoms with E-state index in [1.807, 2.05) is 48.5 Å². The minimum Gasteiger partial charge on any atom is -0.497 e. The molecule has 0 aliphatic carbocycles. The number of amides is 1. The van der Waals surface area contributed by atoms with Gasteiger partial charge in [-0.2, -0.15) is 0 Å². The van der Waals surface area contributed by atoms with Crippen LogP contribution >= 0.6 is 0 Å². The molecular formula is C22H29N3O2. The number of rotatable bonds is 7. The fourth-order valence-corrected chi connectivity index (χ4v) is 3.46. The topological polar surface area (TPSA) is 53.6 Å². The van der Waals surface area contributed by atoms with Gasteiger partial charge in [0.05, 0.1) is 18.4 Å². The first-order chi connectivity index (χ1) is 13.2. The minimum absolute atomic E-state index is 0.0282. The third kappa shape index (κ3) is 5.47. The number of carbonyl (C=O) groups excluding carboxylic acids is 1. The molecule has 0 unspecified atom stereocenters. The van der Waals surface area contributed by atoms with Crippen LogP contribution in [-0.4, -0.2) is 44.6 Å². The van der Waals surface area contributed by atoms with Crippen LogP contribution in [0.1, 0.15) is 29.6 Å². The van der Waals surface area contributed by atoms with Gasteiger partial charge in [-0.3, -0.25) is 4.79 Å². The van der Waals surface area contributed by atoms with E-state index in [2.05, 4.69) is 22.6 Å². The summed E-state index contributed by atoms with van der Waals surface area (Å²) in [5.74, 6) is 1.49. The van der Waals surface area contributed by atoms with Gasteiger partial charge in [0.2, 0.25) is 0 Å². The van der Waals surface area contributed by atoms with E-state index in [1.165, 1.54) is 12.8 Å². The summed E-state index contributed by atoms with van der Waals surface area (Å²) in [5.41, 5.74) is 2.39. The van der Waals surface area contributed by atoms with Crippen LogP contribution in [-0.2, 0) is 0 Å². The first-order valence-electron chi connectivity index (χ1n) is 9.62. The lowest BCUT2D eigenvalue weighted by Crippen LogP contribution is -2.32. The van der Waals surface area contributed by atoms with Crippen LogP contribution in [0, 0.1) is 5.92 Å². The van der Waals surface area contributed by atoms with Gasteiger partial charge in [-0.1, -0.05) is 12.1 Å². The Morgan fingerprint density at radius 1 is 1.11 bits per heavy atom. The SMILES string of the molecule is COc1ccc(Nc2ccccc2C(=O)NCCC2CCN(C)CC2)cc1. The van der Waals surface area contributed by atoms with Crippen molar-refractivity contribution in [3.8, 4) is 5.75 Å².